The molecule has 20 heavy (non-hydrogen) atoms. The molecule has 0 fully saturated rings. The van der Waals surface area contributed by atoms with Crippen LogP contribution in [0.15, 0.2) is 36.4 Å². The molecule has 0 aromatic heterocycles. The Labute approximate surface area is 119 Å². The number of ether oxygens (including phenoxy) is 2. The minimum absolute atomic E-state index is 0.0160. The Morgan fingerprint density at radius 1 is 0.900 bits per heavy atom. The van der Waals surface area contributed by atoms with Crippen molar-refractivity contribution in [1.82, 2.24) is 0 Å². The van der Waals surface area contributed by atoms with E-state index in [4.69, 9.17) is 9.47 Å². The number of rotatable bonds is 4. The Morgan fingerprint density at radius 2 is 1.55 bits per heavy atom. The van der Waals surface area contributed by atoms with E-state index >= 15 is 0 Å². The number of hydrogen-bond donors (Lipinski definition) is 0. The maximum absolute atomic E-state index is 12.5. The highest BCUT2D eigenvalue weighted by Crippen LogP contribution is 2.26. The number of methoxy groups -OCH3 is 2. The van der Waals surface area contributed by atoms with Crippen LogP contribution in [-0.2, 0) is 0 Å². The number of carbonyl (C=O) groups excluding carboxylic acids is 1. The van der Waals surface area contributed by atoms with Gasteiger partial charge in [0.05, 0.1) is 14.2 Å². The van der Waals surface area contributed by atoms with Gasteiger partial charge in [0.1, 0.15) is 11.5 Å². The van der Waals surface area contributed by atoms with Gasteiger partial charge < -0.3 is 9.47 Å². The molecular weight excluding hydrogens is 252 g/mol. The van der Waals surface area contributed by atoms with E-state index in [-0.39, 0.29) is 5.78 Å². The van der Waals surface area contributed by atoms with Crippen molar-refractivity contribution in [3.05, 3.63) is 58.7 Å². The zero-order valence-corrected chi connectivity index (χ0v) is 12.2. The van der Waals surface area contributed by atoms with E-state index in [2.05, 4.69) is 0 Å². The fraction of sp³-hybridized carbons (Fsp3) is 0.235. The van der Waals surface area contributed by atoms with Crippen LogP contribution in [0.5, 0.6) is 11.5 Å². The lowest BCUT2D eigenvalue weighted by molar-refractivity contribution is 0.103. The Balaban J connectivity index is 2.43. The largest absolute Gasteiger partial charge is 0.497 e. The molecule has 3 heteroatoms. The molecule has 0 atom stereocenters. The summed E-state index contributed by atoms with van der Waals surface area (Å²) in [6, 6.07) is 10.9. The minimum Gasteiger partial charge on any atom is -0.497 e. The SMILES string of the molecule is COc1cccc(C(=O)c2cc(C)c(OC)c(C)c2)c1. The van der Waals surface area contributed by atoms with Gasteiger partial charge in [0.25, 0.3) is 0 Å². The Hall–Kier alpha value is -2.29. The predicted octanol–water partition coefficient (Wildman–Crippen LogP) is 3.55. The summed E-state index contributed by atoms with van der Waals surface area (Å²) in [4.78, 5) is 12.5. The molecule has 0 aliphatic heterocycles. The van der Waals surface area contributed by atoms with E-state index in [1.165, 1.54) is 0 Å². The van der Waals surface area contributed by atoms with Gasteiger partial charge in [0.2, 0.25) is 0 Å². The van der Waals surface area contributed by atoms with Crippen molar-refractivity contribution in [3.63, 3.8) is 0 Å². The van der Waals surface area contributed by atoms with Crippen molar-refractivity contribution in [1.29, 1.82) is 0 Å². The van der Waals surface area contributed by atoms with E-state index in [0.717, 1.165) is 16.9 Å². The molecule has 0 spiro atoms. The standard InChI is InChI=1S/C17H18O3/c1-11-8-14(9-12(2)17(11)20-4)16(18)13-6-5-7-15(10-13)19-3/h5-10H,1-4H3. The van der Waals surface area contributed by atoms with Gasteiger partial charge in [-0.3, -0.25) is 4.79 Å². The quantitative estimate of drug-likeness (QED) is 0.797. The zero-order valence-electron chi connectivity index (χ0n) is 12.2. The van der Waals surface area contributed by atoms with Crippen LogP contribution in [-0.4, -0.2) is 20.0 Å². The lowest BCUT2D eigenvalue weighted by atomic mass is 9.98. The van der Waals surface area contributed by atoms with E-state index in [9.17, 15) is 4.79 Å². The average molecular weight is 270 g/mol. The fourth-order valence-electron chi connectivity index (χ4n) is 2.33. The summed E-state index contributed by atoms with van der Waals surface area (Å²) in [6.07, 6.45) is 0. The maximum Gasteiger partial charge on any atom is 0.193 e. The van der Waals surface area contributed by atoms with Gasteiger partial charge in [0.15, 0.2) is 5.78 Å². The number of hydrogen-bond acceptors (Lipinski definition) is 3. The third-order valence-electron chi connectivity index (χ3n) is 3.26. The monoisotopic (exact) mass is 270 g/mol. The molecular formula is C17H18O3. The molecule has 0 bridgehead atoms. The summed E-state index contributed by atoms with van der Waals surface area (Å²) >= 11 is 0. The van der Waals surface area contributed by atoms with Crippen molar-refractivity contribution >= 4 is 5.78 Å². The van der Waals surface area contributed by atoms with Crippen LogP contribution in [0, 0.1) is 13.8 Å². The van der Waals surface area contributed by atoms with Gasteiger partial charge in [-0.05, 0) is 49.2 Å². The summed E-state index contributed by atoms with van der Waals surface area (Å²) in [7, 11) is 3.23. The molecule has 0 aliphatic carbocycles. The normalized spacial score (nSPS) is 10.2. The summed E-state index contributed by atoms with van der Waals surface area (Å²) < 4.78 is 10.5. The smallest absolute Gasteiger partial charge is 0.193 e. The molecule has 0 radical (unpaired) electrons. The van der Waals surface area contributed by atoms with Crippen LogP contribution in [0.25, 0.3) is 0 Å². The van der Waals surface area contributed by atoms with Gasteiger partial charge in [-0.1, -0.05) is 12.1 Å². The predicted molar refractivity (Wildman–Crippen MR) is 78.9 cm³/mol. The van der Waals surface area contributed by atoms with Gasteiger partial charge in [0, 0.05) is 11.1 Å². The Kier molecular flexibility index (Phi) is 4.08. The molecule has 0 saturated heterocycles. The van der Waals surface area contributed by atoms with Crippen molar-refractivity contribution < 1.29 is 14.3 Å². The van der Waals surface area contributed by atoms with Crippen LogP contribution in [0.3, 0.4) is 0 Å². The maximum atomic E-state index is 12.5. The molecule has 0 aliphatic rings. The van der Waals surface area contributed by atoms with Gasteiger partial charge in [-0.25, -0.2) is 0 Å². The first kappa shape index (κ1) is 14.1. The first-order valence-electron chi connectivity index (χ1n) is 6.40. The minimum atomic E-state index is -0.0160. The Morgan fingerprint density at radius 3 is 2.10 bits per heavy atom. The number of ketones is 1. The summed E-state index contributed by atoms with van der Waals surface area (Å²) in [5.41, 5.74) is 3.19. The van der Waals surface area contributed by atoms with Crippen molar-refractivity contribution in [2.75, 3.05) is 14.2 Å². The molecule has 0 N–H and O–H groups in total. The van der Waals surface area contributed by atoms with Crippen LogP contribution in [0.4, 0.5) is 0 Å². The molecule has 0 heterocycles. The van der Waals surface area contributed by atoms with E-state index in [1.807, 2.05) is 38.1 Å². The third-order valence-corrected chi connectivity index (χ3v) is 3.26. The van der Waals surface area contributed by atoms with Gasteiger partial charge in [-0.15, -0.1) is 0 Å². The lowest BCUT2D eigenvalue weighted by Gasteiger charge is -2.11. The molecule has 2 rings (SSSR count). The third kappa shape index (κ3) is 2.67. The second kappa shape index (κ2) is 5.78. The first-order chi connectivity index (χ1) is 9.56. The summed E-state index contributed by atoms with van der Waals surface area (Å²) in [5.74, 6) is 1.49. The molecule has 0 amide bonds. The first-order valence-corrected chi connectivity index (χ1v) is 6.40. The second-order valence-corrected chi connectivity index (χ2v) is 4.70. The van der Waals surface area contributed by atoms with E-state index in [0.29, 0.717) is 16.9 Å². The highest BCUT2D eigenvalue weighted by atomic mass is 16.5. The highest BCUT2D eigenvalue weighted by molar-refractivity contribution is 6.09. The van der Waals surface area contributed by atoms with E-state index < -0.39 is 0 Å². The van der Waals surface area contributed by atoms with Gasteiger partial charge >= 0.3 is 0 Å². The molecule has 3 nitrogen and oxygen atoms in total. The van der Waals surface area contributed by atoms with Crippen LogP contribution < -0.4 is 9.47 Å². The molecule has 2 aromatic rings. The van der Waals surface area contributed by atoms with Crippen LogP contribution in [0.2, 0.25) is 0 Å². The molecule has 2 aromatic carbocycles. The molecule has 0 unspecified atom stereocenters. The molecule has 0 saturated carbocycles. The molecule has 104 valence electrons. The fourth-order valence-corrected chi connectivity index (χ4v) is 2.33. The van der Waals surface area contributed by atoms with Crippen molar-refractivity contribution in [2.45, 2.75) is 13.8 Å². The topological polar surface area (TPSA) is 35.5 Å². The number of carbonyl (C=O) groups is 1. The van der Waals surface area contributed by atoms with Crippen LogP contribution in [0.1, 0.15) is 27.0 Å². The second-order valence-electron chi connectivity index (χ2n) is 4.70. The van der Waals surface area contributed by atoms with Crippen LogP contribution >= 0.6 is 0 Å². The van der Waals surface area contributed by atoms with Crippen molar-refractivity contribution in [2.24, 2.45) is 0 Å². The zero-order chi connectivity index (χ0) is 14.7. The van der Waals surface area contributed by atoms with E-state index in [1.54, 1.807) is 26.4 Å². The number of aryl methyl sites for hydroxylation is 2. The average Bonchev–Trinajstić information content (AvgIpc) is 2.46. The highest BCUT2D eigenvalue weighted by Gasteiger charge is 2.13. The Bertz CT molecular complexity index is 621. The summed E-state index contributed by atoms with van der Waals surface area (Å²) in [5, 5.41) is 0. The summed E-state index contributed by atoms with van der Waals surface area (Å²) in [6.45, 7) is 3.88. The van der Waals surface area contributed by atoms with Gasteiger partial charge in [-0.2, -0.15) is 0 Å². The number of benzene rings is 2. The van der Waals surface area contributed by atoms with Crippen molar-refractivity contribution in [3.8, 4) is 11.5 Å². The lowest BCUT2D eigenvalue weighted by Crippen LogP contribution is -2.04.